The summed E-state index contributed by atoms with van der Waals surface area (Å²) >= 11 is 9.96. The third-order valence-corrected chi connectivity index (χ3v) is 1.99. The topological polar surface area (TPSA) is 26.0 Å². The zero-order chi connectivity index (χ0) is 9.68. The van der Waals surface area contributed by atoms with E-state index in [1.54, 1.807) is 12.1 Å². The van der Waals surface area contributed by atoms with E-state index in [4.69, 9.17) is 17.3 Å². The van der Waals surface area contributed by atoms with E-state index in [-0.39, 0.29) is 0 Å². The van der Waals surface area contributed by atoms with Gasteiger partial charge in [-0.15, -0.1) is 0 Å². The van der Waals surface area contributed by atoms with E-state index in [1.165, 1.54) is 0 Å². The second kappa shape index (κ2) is 5.06. The molecule has 0 spiro atoms. The fraction of sp³-hybridized carbons (Fsp3) is 0.200. The lowest BCUT2D eigenvalue weighted by molar-refractivity contribution is 1.31. The van der Waals surface area contributed by atoms with Crippen molar-refractivity contribution in [1.82, 2.24) is 0 Å². The van der Waals surface area contributed by atoms with Gasteiger partial charge in [-0.3, -0.25) is 0 Å². The normalized spacial score (nSPS) is 9.08. The summed E-state index contributed by atoms with van der Waals surface area (Å²) < 4.78 is 0. The lowest BCUT2D eigenvalue weighted by Crippen LogP contribution is -1.85. The molecule has 3 heteroatoms. The fourth-order valence-electron chi connectivity index (χ4n) is 0.846. The molecule has 0 fully saturated rings. The Balaban J connectivity index is 2.85. The second-order valence-corrected chi connectivity index (χ2v) is 3.37. The van der Waals surface area contributed by atoms with Crippen LogP contribution in [0.5, 0.6) is 0 Å². The predicted molar refractivity (Wildman–Crippen MR) is 61.2 cm³/mol. The van der Waals surface area contributed by atoms with Crippen LogP contribution < -0.4 is 5.73 Å². The summed E-state index contributed by atoms with van der Waals surface area (Å²) in [6.45, 7) is 0. The Morgan fingerprint density at radius 2 is 2.23 bits per heavy atom. The van der Waals surface area contributed by atoms with Gasteiger partial charge in [0, 0.05) is 23.4 Å². The molecule has 0 unspecified atom stereocenters. The monoisotopic (exact) mass is 211 g/mol. The van der Waals surface area contributed by atoms with Crippen LogP contribution in [-0.4, -0.2) is 5.75 Å². The minimum atomic E-state index is 0.603. The Hall–Kier alpha value is -0.780. The van der Waals surface area contributed by atoms with E-state index in [2.05, 4.69) is 24.5 Å². The molecule has 1 rings (SSSR count). The fourth-order valence-corrected chi connectivity index (χ4v) is 1.19. The van der Waals surface area contributed by atoms with Crippen molar-refractivity contribution in [2.45, 2.75) is 6.42 Å². The summed E-state index contributed by atoms with van der Waals surface area (Å²) in [5.41, 5.74) is 7.01. The lowest BCUT2D eigenvalue weighted by Gasteiger charge is -1.96. The highest BCUT2D eigenvalue weighted by Crippen LogP contribution is 2.17. The molecule has 1 aromatic carbocycles. The highest BCUT2D eigenvalue weighted by molar-refractivity contribution is 7.80. The number of thiol groups is 1. The van der Waals surface area contributed by atoms with Gasteiger partial charge in [0.2, 0.25) is 0 Å². The summed E-state index contributed by atoms with van der Waals surface area (Å²) in [6, 6.07) is 5.31. The number of halogens is 1. The highest BCUT2D eigenvalue weighted by Gasteiger charge is 1.95. The number of hydrogen-bond acceptors (Lipinski definition) is 2. The van der Waals surface area contributed by atoms with Crippen LogP contribution in [0, 0.1) is 11.8 Å². The number of benzene rings is 1. The minimum Gasteiger partial charge on any atom is -0.399 e. The SMILES string of the molecule is Nc1ccc(C#CCCS)c(Cl)c1. The van der Waals surface area contributed by atoms with E-state index in [1.807, 2.05) is 6.07 Å². The van der Waals surface area contributed by atoms with Gasteiger partial charge >= 0.3 is 0 Å². The summed E-state index contributed by atoms with van der Waals surface area (Å²) in [5, 5.41) is 0.603. The van der Waals surface area contributed by atoms with Crippen molar-refractivity contribution in [2.75, 3.05) is 11.5 Å². The first-order chi connectivity index (χ1) is 6.24. The Labute approximate surface area is 88.7 Å². The molecule has 0 amide bonds. The smallest absolute Gasteiger partial charge is 0.0582 e. The summed E-state index contributed by atoms with van der Waals surface area (Å²) in [4.78, 5) is 0. The van der Waals surface area contributed by atoms with Crippen LogP contribution in [0.1, 0.15) is 12.0 Å². The van der Waals surface area contributed by atoms with Gasteiger partial charge in [-0.25, -0.2) is 0 Å². The molecule has 0 radical (unpaired) electrons. The molecule has 0 aromatic heterocycles. The summed E-state index contributed by atoms with van der Waals surface area (Å²) in [5.74, 6) is 6.68. The van der Waals surface area contributed by atoms with Gasteiger partial charge in [0.1, 0.15) is 0 Å². The Morgan fingerprint density at radius 3 is 2.85 bits per heavy atom. The number of nitrogens with two attached hydrogens (primary N) is 1. The minimum absolute atomic E-state index is 0.603. The average molecular weight is 212 g/mol. The molecular weight excluding hydrogens is 202 g/mol. The van der Waals surface area contributed by atoms with Gasteiger partial charge in [-0.1, -0.05) is 23.4 Å². The molecule has 1 nitrogen and oxygen atoms in total. The van der Waals surface area contributed by atoms with Crippen LogP contribution in [0.15, 0.2) is 18.2 Å². The van der Waals surface area contributed by atoms with Crippen molar-refractivity contribution in [3.05, 3.63) is 28.8 Å². The maximum atomic E-state index is 5.91. The first kappa shape index (κ1) is 10.3. The maximum Gasteiger partial charge on any atom is 0.0582 e. The van der Waals surface area contributed by atoms with Crippen molar-refractivity contribution in [2.24, 2.45) is 0 Å². The first-order valence-electron chi connectivity index (χ1n) is 3.89. The molecule has 0 saturated carbocycles. The number of hydrogen-bond donors (Lipinski definition) is 2. The van der Waals surface area contributed by atoms with E-state index >= 15 is 0 Å². The van der Waals surface area contributed by atoms with Crippen LogP contribution in [0.25, 0.3) is 0 Å². The van der Waals surface area contributed by atoms with Crippen LogP contribution in [-0.2, 0) is 0 Å². The molecule has 0 atom stereocenters. The lowest BCUT2D eigenvalue weighted by atomic mass is 10.2. The third-order valence-electron chi connectivity index (χ3n) is 1.45. The van der Waals surface area contributed by atoms with Crippen molar-refractivity contribution in [3.8, 4) is 11.8 Å². The van der Waals surface area contributed by atoms with Crippen molar-refractivity contribution in [1.29, 1.82) is 0 Å². The molecule has 2 N–H and O–H groups in total. The Morgan fingerprint density at radius 1 is 1.46 bits per heavy atom. The molecule has 0 aliphatic heterocycles. The van der Waals surface area contributed by atoms with Crippen LogP contribution in [0.4, 0.5) is 5.69 Å². The van der Waals surface area contributed by atoms with Gasteiger partial charge in [-0.05, 0) is 18.2 Å². The molecule has 0 saturated heterocycles. The van der Waals surface area contributed by atoms with Gasteiger partial charge in [0.25, 0.3) is 0 Å². The average Bonchev–Trinajstić information content (AvgIpc) is 2.09. The largest absolute Gasteiger partial charge is 0.399 e. The predicted octanol–water partition coefficient (Wildman–Crippen LogP) is 2.59. The standard InChI is InChI=1S/C10H10ClNS/c11-10-7-9(12)5-4-8(10)3-1-2-6-13/h4-5,7,13H,2,6,12H2. The highest BCUT2D eigenvalue weighted by atomic mass is 35.5. The third kappa shape index (κ3) is 3.22. The molecule has 13 heavy (non-hydrogen) atoms. The zero-order valence-corrected chi connectivity index (χ0v) is 8.70. The van der Waals surface area contributed by atoms with Crippen molar-refractivity contribution < 1.29 is 0 Å². The van der Waals surface area contributed by atoms with Gasteiger partial charge in [0.15, 0.2) is 0 Å². The zero-order valence-electron chi connectivity index (χ0n) is 7.05. The van der Waals surface area contributed by atoms with E-state index in [9.17, 15) is 0 Å². The molecule has 0 aliphatic carbocycles. The Bertz CT molecular complexity index is 352. The van der Waals surface area contributed by atoms with Gasteiger partial charge in [0.05, 0.1) is 5.02 Å². The van der Waals surface area contributed by atoms with Crippen LogP contribution in [0.2, 0.25) is 5.02 Å². The molecule has 0 bridgehead atoms. The summed E-state index contributed by atoms with van der Waals surface area (Å²) in [7, 11) is 0. The van der Waals surface area contributed by atoms with Crippen LogP contribution >= 0.6 is 24.2 Å². The first-order valence-corrected chi connectivity index (χ1v) is 4.90. The van der Waals surface area contributed by atoms with E-state index < -0.39 is 0 Å². The number of rotatable bonds is 1. The van der Waals surface area contributed by atoms with Crippen LogP contribution in [0.3, 0.4) is 0 Å². The van der Waals surface area contributed by atoms with E-state index in [0.717, 1.165) is 17.7 Å². The molecular formula is C10H10ClNS. The van der Waals surface area contributed by atoms with Crippen molar-refractivity contribution >= 4 is 29.9 Å². The molecule has 68 valence electrons. The molecule has 1 aromatic rings. The quantitative estimate of drug-likeness (QED) is 0.417. The second-order valence-electron chi connectivity index (χ2n) is 2.51. The van der Waals surface area contributed by atoms with Gasteiger partial charge in [-0.2, -0.15) is 12.6 Å². The Kier molecular flexibility index (Phi) is 4.01. The maximum absolute atomic E-state index is 5.91. The number of nitrogen functional groups attached to an aromatic ring is 1. The molecule has 0 heterocycles. The number of anilines is 1. The summed E-state index contributed by atoms with van der Waals surface area (Å²) in [6.07, 6.45) is 0.768. The van der Waals surface area contributed by atoms with Crippen molar-refractivity contribution in [3.63, 3.8) is 0 Å². The van der Waals surface area contributed by atoms with E-state index in [0.29, 0.717) is 10.7 Å². The molecule has 0 aliphatic rings. The van der Waals surface area contributed by atoms with Gasteiger partial charge < -0.3 is 5.73 Å².